The molecule has 2 rings (SSSR count). The summed E-state index contributed by atoms with van der Waals surface area (Å²) in [7, 11) is 1.76. The third-order valence-corrected chi connectivity index (χ3v) is 3.98. The molecule has 1 fully saturated rings. The van der Waals surface area contributed by atoms with E-state index in [2.05, 4.69) is 24.1 Å². The zero-order valence-corrected chi connectivity index (χ0v) is 12.4. The highest BCUT2D eigenvalue weighted by Crippen LogP contribution is 2.28. The number of aromatic nitrogens is 1. The van der Waals surface area contributed by atoms with Gasteiger partial charge in [0.05, 0.1) is 0 Å². The largest absolute Gasteiger partial charge is 0.373 e. The minimum Gasteiger partial charge on any atom is -0.373 e. The van der Waals surface area contributed by atoms with Gasteiger partial charge in [-0.3, -0.25) is 4.79 Å². The quantitative estimate of drug-likeness (QED) is 0.866. The van der Waals surface area contributed by atoms with Crippen LogP contribution in [0.25, 0.3) is 0 Å². The number of likely N-dealkylation sites (tertiary alicyclic amines) is 1. The molecule has 1 saturated heterocycles. The molecule has 4 nitrogen and oxygen atoms in total. The normalized spacial score (nSPS) is 22.6. The molecule has 1 aromatic heterocycles. The molecule has 0 aliphatic carbocycles. The molecule has 104 valence electrons. The van der Waals surface area contributed by atoms with Crippen LogP contribution in [-0.2, 0) is 0 Å². The van der Waals surface area contributed by atoms with Crippen molar-refractivity contribution in [2.24, 2.45) is 0 Å². The lowest BCUT2D eigenvalue weighted by Gasteiger charge is -2.28. The predicted octanol–water partition coefficient (Wildman–Crippen LogP) is 3.18. The fraction of sp³-hybridized carbons (Fsp3) is 0.571. The molecule has 2 heterocycles. The summed E-state index contributed by atoms with van der Waals surface area (Å²) < 4.78 is 0. The van der Waals surface area contributed by atoms with E-state index in [-0.39, 0.29) is 5.91 Å². The minimum absolute atomic E-state index is 0.0534. The molecule has 0 radical (unpaired) electrons. The Labute approximate surface area is 119 Å². The van der Waals surface area contributed by atoms with Crippen molar-refractivity contribution in [1.82, 2.24) is 9.88 Å². The van der Waals surface area contributed by atoms with Crippen molar-refractivity contribution in [2.45, 2.75) is 45.2 Å². The number of anilines is 1. The SMILES string of the molecule is CCC1CCC(C)N1C(=O)c1cc(Cl)nc(NC)c1. The molecule has 5 heteroatoms. The monoisotopic (exact) mass is 281 g/mol. The van der Waals surface area contributed by atoms with Crippen molar-refractivity contribution < 1.29 is 4.79 Å². The van der Waals surface area contributed by atoms with E-state index in [1.165, 1.54) is 0 Å². The summed E-state index contributed by atoms with van der Waals surface area (Å²) in [5.41, 5.74) is 0.608. The van der Waals surface area contributed by atoms with Crippen molar-refractivity contribution in [3.63, 3.8) is 0 Å². The van der Waals surface area contributed by atoms with Crippen molar-refractivity contribution in [2.75, 3.05) is 12.4 Å². The van der Waals surface area contributed by atoms with E-state index >= 15 is 0 Å². The lowest BCUT2D eigenvalue weighted by Crippen LogP contribution is -2.39. The average Bonchev–Trinajstić information content (AvgIpc) is 2.78. The standard InChI is InChI=1S/C14H20ClN3O/c1-4-11-6-5-9(2)18(11)14(19)10-7-12(15)17-13(8-10)16-3/h7-9,11H,4-6H2,1-3H3,(H,16,17). The van der Waals surface area contributed by atoms with Gasteiger partial charge in [0.25, 0.3) is 5.91 Å². The summed E-state index contributed by atoms with van der Waals surface area (Å²) >= 11 is 5.96. The van der Waals surface area contributed by atoms with Crippen molar-refractivity contribution in [3.05, 3.63) is 22.8 Å². The minimum atomic E-state index is 0.0534. The fourth-order valence-corrected chi connectivity index (χ4v) is 2.94. The van der Waals surface area contributed by atoms with E-state index in [1.54, 1.807) is 19.2 Å². The number of carbonyl (C=O) groups is 1. The molecular formula is C14H20ClN3O. The van der Waals surface area contributed by atoms with E-state index in [1.807, 2.05) is 4.90 Å². The zero-order valence-electron chi connectivity index (χ0n) is 11.6. The first-order valence-corrected chi connectivity index (χ1v) is 7.12. The van der Waals surface area contributed by atoms with Gasteiger partial charge in [-0.2, -0.15) is 0 Å². The number of nitrogens with one attached hydrogen (secondary N) is 1. The summed E-state index contributed by atoms with van der Waals surface area (Å²) in [6, 6.07) is 4.03. The molecule has 0 spiro atoms. The molecule has 2 unspecified atom stereocenters. The Morgan fingerprint density at radius 2 is 2.26 bits per heavy atom. The van der Waals surface area contributed by atoms with Crippen LogP contribution in [0.5, 0.6) is 0 Å². The molecule has 0 saturated carbocycles. The number of hydrogen-bond acceptors (Lipinski definition) is 3. The number of rotatable bonds is 3. The number of nitrogens with zero attached hydrogens (tertiary/aromatic N) is 2. The van der Waals surface area contributed by atoms with Crippen molar-refractivity contribution in [3.8, 4) is 0 Å². The highest BCUT2D eigenvalue weighted by Gasteiger charge is 2.33. The third-order valence-electron chi connectivity index (χ3n) is 3.79. The number of hydrogen-bond donors (Lipinski definition) is 1. The Balaban J connectivity index is 2.30. The van der Waals surface area contributed by atoms with Gasteiger partial charge >= 0.3 is 0 Å². The van der Waals surface area contributed by atoms with Gasteiger partial charge in [0.2, 0.25) is 0 Å². The molecule has 1 aliphatic heterocycles. The number of amides is 1. The molecule has 1 aromatic rings. The summed E-state index contributed by atoms with van der Waals surface area (Å²) in [5.74, 6) is 0.674. The molecule has 19 heavy (non-hydrogen) atoms. The summed E-state index contributed by atoms with van der Waals surface area (Å²) in [6.45, 7) is 4.23. The summed E-state index contributed by atoms with van der Waals surface area (Å²) in [6.07, 6.45) is 3.15. The Bertz CT molecular complexity index is 478. The smallest absolute Gasteiger partial charge is 0.254 e. The molecule has 1 amide bonds. The Morgan fingerprint density at radius 1 is 1.53 bits per heavy atom. The summed E-state index contributed by atoms with van der Waals surface area (Å²) in [5, 5.41) is 3.27. The van der Waals surface area contributed by atoms with Crippen LogP contribution in [0.4, 0.5) is 5.82 Å². The zero-order chi connectivity index (χ0) is 14.0. The van der Waals surface area contributed by atoms with Crippen LogP contribution in [-0.4, -0.2) is 34.9 Å². The van der Waals surface area contributed by atoms with Crippen molar-refractivity contribution in [1.29, 1.82) is 0 Å². The molecule has 0 bridgehead atoms. The van der Waals surface area contributed by atoms with E-state index in [9.17, 15) is 4.79 Å². The van der Waals surface area contributed by atoms with Gasteiger partial charge in [0.1, 0.15) is 11.0 Å². The summed E-state index contributed by atoms with van der Waals surface area (Å²) in [4.78, 5) is 18.8. The Morgan fingerprint density at radius 3 is 2.89 bits per heavy atom. The first-order chi connectivity index (χ1) is 9.06. The van der Waals surface area contributed by atoms with Gasteiger partial charge in [-0.25, -0.2) is 4.98 Å². The predicted molar refractivity (Wildman–Crippen MR) is 77.7 cm³/mol. The van der Waals surface area contributed by atoms with Gasteiger partial charge in [-0.05, 0) is 38.3 Å². The van der Waals surface area contributed by atoms with Crippen LogP contribution in [0, 0.1) is 0 Å². The van der Waals surface area contributed by atoms with E-state index in [0.717, 1.165) is 19.3 Å². The second-order valence-corrected chi connectivity index (χ2v) is 5.40. The van der Waals surface area contributed by atoms with E-state index in [0.29, 0.717) is 28.6 Å². The van der Waals surface area contributed by atoms with E-state index in [4.69, 9.17) is 11.6 Å². The maximum atomic E-state index is 12.7. The van der Waals surface area contributed by atoms with Crippen LogP contribution < -0.4 is 5.32 Å². The van der Waals surface area contributed by atoms with Gasteiger partial charge in [0, 0.05) is 24.7 Å². The van der Waals surface area contributed by atoms with Crippen LogP contribution in [0.1, 0.15) is 43.5 Å². The molecule has 0 aromatic carbocycles. The highest BCUT2D eigenvalue weighted by molar-refractivity contribution is 6.29. The van der Waals surface area contributed by atoms with Crippen LogP contribution in [0.15, 0.2) is 12.1 Å². The van der Waals surface area contributed by atoms with Gasteiger partial charge in [-0.1, -0.05) is 18.5 Å². The number of carbonyl (C=O) groups excluding carboxylic acids is 1. The average molecular weight is 282 g/mol. The third kappa shape index (κ3) is 2.84. The van der Waals surface area contributed by atoms with Gasteiger partial charge in [0.15, 0.2) is 0 Å². The van der Waals surface area contributed by atoms with Crippen molar-refractivity contribution >= 4 is 23.3 Å². The fourth-order valence-electron chi connectivity index (χ4n) is 2.74. The molecule has 2 atom stereocenters. The lowest BCUT2D eigenvalue weighted by molar-refractivity contribution is 0.0676. The second kappa shape index (κ2) is 5.78. The number of halogens is 1. The van der Waals surface area contributed by atoms with E-state index < -0.39 is 0 Å². The molecular weight excluding hydrogens is 262 g/mol. The molecule has 1 aliphatic rings. The van der Waals surface area contributed by atoms with Crippen LogP contribution in [0.2, 0.25) is 5.15 Å². The second-order valence-electron chi connectivity index (χ2n) is 5.01. The van der Waals surface area contributed by atoms with Gasteiger partial charge in [-0.15, -0.1) is 0 Å². The van der Waals surface area contributed by atoms with Crippen LogP contribution in [0.3, 0.4) is 0 Å². The molecule has 1 N–H and O–H groups in total. The number of pyridine rings is 1. The topological polar surface area (TPSA) is 45.2 Å². The maximum absolute atomic E-state index is 12.7. The maximum Gasteiger partial charge on any atom is 0.254 e. The van der Waals surface area contributed by atoms with Crippen LogP contribution >= 0.6 is 11.6 Å². The lowest BCUT2D eigenvalue weighted by atomic mass is 10.1. The Kier molecular flexibility index (Phi) is 4.30. The highest BCUT2D eigenvalue weighted by atomic mass is 35.5. The first kappa shape index (κ1) is 14.1. The van der Waals surface area contributed by atoms with Gasteiger partial charge < -0.3 is 10.2 Å². The Hall–Kier alpha value is -1.29. The first-order valence-electron chi connectivity index (χ1n) is 6.74.